The first-order valence-electron chi connectivity index (χ1n) is 6.91. The van der Waals surface area contributed by atoms with Crippen molar-refractivity contribution in [2.75, 3.05) is 6.61 Å². The molecule has 0 aliphatic rings. The molecule has 1 aromatic carbocycles. The molecule has 1 rings (SSSR count). The van der Waals surface area contributed by atoms with Crippen LogP contribution in [0.4, 0.5) is 8.78 Å². The minimum absolute atomic E-state index is 0.0936. The molecular weight excluding hydrogens is 308 g/mol. The van der Waals surface area contributed by atoms with Gasteiger partial charge in [0.25, 0.3) is 0 Å². The van der Waals surface area contributed by atoms with E-state index in [1.807, 2.05) is 0 Å². The average molecular weight is 325 g/mol. The number of alkyl halides is 2. The Balaban J connectivity index is 3.12. The van der Waals surface area contributed by atoms with Crippen LogP contribution >= 0.6 is 0 Å². The molecule has 0 amide bonds. The summed E-state index contributed by atoms with van der Waals surface area (Å²) >= 11 is 0. The van der Waals surface area contributed by atoms with Gasteiger partial charge in [0.05, 0.1) is 12.7 Å². The summed E-state index contributed by atoms with van der Waals surface area (Å²) in [6.07, 6.45) is 0.930. The Morgan fingerprint density at radius 2 is 2.04 bits per heavy atom. The van der Waals surface area contributed by atoms with E-state index in [9.17, 15) is 13.6 Å². The minimum atomic E-state index is -2.98. The van der Waals surface area contributed by atoms with E-state index in [1.54, 1.807) is 26.8 Å². The van der Waals surface area contributed by atoms with E-state index in [1.165, 1.54) is 24.3 Å². The topological polar surface area (TPSA) is 68.5 Å². The second-order valence-electron chi connectivity index (χ2n) is 4.64. The van der Waals surface area contributed by atoms with Gasteiger partial charge in [-0.3, -0.25) is 0 Å². The molecule has 0 aromatic heterocycles. The van der Waals surface area contributed by atoms with Gasteiger partial charge in [-0.25, -0.2) is 4.79 Å². The molecule has 0 heterocycles. The smallest absolute Gasteiger partial charge is 0.387 e. The maximum absolute atomic E-state index is 12.3. The molecule has 0 bridgehead atoms. The average Bonchev–Trinajstić information content (AvgIpc) is 2.46. The van der Waals surface area contributed by atoms with E-state index < -0.39 is 12.6 Å². The summed E-state index contributed by atoms with van der Waals surface area (Å²) in [6.45, 7) is 2.28. The van der Waals surface area contributed by atoms with Crippen LogP contribution in [-0.4, -0.2) is 25.3 Å². The molecule has 124 valence electrons. The number of hydrogen-bond acceptors (Lipinski definition) is 5. The van der Waals surface area contributed by atoms with Crippen LogP contribution < -0.4 is 9.47 Å². The van der Waals surface area contributed by atoms with E-state index in [0.717, 1.165) is 0 Å². The fraction of sp³-hybridized carbons (Fsp3) is 0.375. The second-order valence-corrected chi connectivity index (χ2v) is 4.64. The van der Waals surface area contributed by atoms with Crippen molar-refractivity contribution in [2.45, 2.75) is 33.5 Å². The number of rotatable bonds is 7. The van der Waals surface area contributed by atoms with Gasteiger partial charge in [-0.15, -0.1) is 0 Å². The fourth-order valence-electron chi connectivity index (χ4n) is 1.66. The molecule has 0 N–H and O–H groups in total. The largest absolute Gasteiger partial charge is 0.490 e. The molecule has 0 fully saturated rings. The van der Waals surface area contributed by atoms with E-state index in [-0.39, 0.29) is 29.8 Å². The number of nitriles is 1. The van der Waals surface area contributed by atoms with Gasteiger partial charge in [-0.05, 0) is 44.5 Å². The monoisotopic (exact) mass is 325 g/mol. The van der Waals surface area contributed by atoms with E-state index in [2.05, 4.69) is 4.74 Å². The lowest BCUT2D eigenvalue weighted by Gasteiger charge is -2.12. The normalized spacial score (nSPS) is 11.3. The predicted molar refractivity (Wildman–Crippen MR) is 79.1 cm³/mol. The summed E-state index contributed by atoms with van der Waals surface area (Å²) in [7, 11) is 0. The summed E-state index contributed by atoms with van der Waals surface area (Å²) in [5.74, 6) is -0.785. The first-order valence-corrected chi connectivity index (χ1v) is 6.91. The van der Waals surface area contributed by atoms with Crippen molar-refractivity contribution in [3.05, 3.63) is 29.3 Å². The molecule has 7 heteroatoms. The molecule has 0 aliphatic carbocycles. The highest BCUT2D eigenvalue weighted by Crippen LogP contribution is 2.30. The van der Waals surface area contributed by atoms with Crippen molar-refractivity contribution < 1.29 is 27.8 Å². The van der Waals surface area contributed by atoms with Crippen LogP contribution in [-0.2, 0) is 9.53 Å². The lowest BCUT2D eigenvalue weighted by molar-refractivity contribution is -0.142. The van der Waals surface area contributed by atoms with Gasteiger partial charge in [0, 0.05) is 0 Å². The highest BCUT2D eigenvalue weighted by molar-refractivity contribution is 5.98. The van der Waals surface area contributed by atoms with Gasteiger partial charge < -0.3 is 14.2 Å². The molecule has 0 saturated carbocycles. The van der Waals surface area contributed by atoms with Crippen molar-refractivity contribution >= 4 is 12.0 Å². The Hall–Kier alpha value is -2.62. The summed E-state index contributed by atoms with van der Waals surface area (Å²) in [6, 6.07) is 5.87. The van der Waals surface area contributed by atoms with Gasteiger partial charge in [0.1, 0.15) is 11.6 Å². The van der Waals surface area contributed by atoms with E-state index in [0.29, 0.717) is 5.56 Å². The number of nitrogens with zero attached hydrogens (tertiary/aromatic N) is 1. The van der Waals surface area contributed by atoms with Crippen LogP contribution in [0, 0.1) is 11.3 Å². The lowest BCUT2D eigenvalue weighted by atomic mass is 10.1. The zero-order valence-corrected chi connectivity index (χ0v) is 13.0. The number of halogens is 2. The highest BCUT2D eigenvalue weighted by Gasteiger charge is 2.14. The summed E-state index contributed by atoms with van der Waals surface area (Å²) in [5.41, 5.74) is 0.219. The molecular formula is C16H17F2NO4. The molecule has 0 radical (unpaired) electrons. The first-order chi connectivity index (χ1) is 10.9. The summed E-state index contributed by atoms with van der Waals surface area (Å²) in [4.78, 5) is 11.7. The molecule has 0 unspecified atom stereocenters. The van der Waals surface area contributed by atoms with Gasteiger partial charge in [-0.1, -0.05) is 6.07 Å². The maximum atomic E-state index is 12.3. The number of carbonyl (C=O) groups excluding carboxylic acids is 1. The number of benzene rings is 1. The predicted octanol–water partition coefficient (Wildman–Crippen LogP) is 3.55. The van der Waals surface area contributed by atoms with E-state index in [4.69, 9.17) is 14.7 Å². The third kappa shape index (κ3) is 5.94. The molecule has 0 saturated heterocycles. The van der Waals surface area contributed by atoms with Crippen LogP contribution in [0.2, 0.25) is 0 Å². The van der Waals surface area contributed by atoms with Crippen LogP contribution in [0.25, 0.3) is 6.08 Å². The Kier molecular flexibility index (Phi) is 7.00. The number of hydrogen-bond donors (Lipinski definition) is 0. The van der Waals surface area contributed by atoms with Gasteiger partial charge in [0.15, 0.2) is 11.5 Å². The fourth-order valence-corrected chi connectivity index (χ4v) is 1.66. The van der Waals surface area contributed by atoms with Crippen LogP contribution in [0.5, 0.6) is 11.5 Å². The van der Waals surface area contributed by atoms with Gasteiger partial charge in [-0.2, -0.15) is 14.0 Å². The van der Waals surface area contributed by atoms with Crippen LogP contribution in [0.1, 0.15) is 26.3 Å². The van der Waals surface area contributed by atoms with Crippen molar-refractivity contribution in [2.24, 2.45) is 0 Å². The second kappa shape index (κ2) is 8.73. The maximum Gasteiger partial charge on any atom is 0.387 e. The number of carbonyl (C=O) groups is 1. The number of esters is 1. The molecule has 1 aromatic rings. The standard InChI is InChI=1S/C16H17F2NO4/c1-4-21-14-8-11(5-6-13(14)23-16(17)18)7-12(9-19)15(20)22-10(2)3/h5-8,10,16H,4H2,1-3H3/b12-7-. The number of ether oxygens (including phenoxy) is 3. The minimum Gasteiger partial charge on any atom is -0.490 e. The Bertz CT molecular complexity index is 621. The van der Waals surface area contributed by atoms with Crippen molar-refractivity contribution in [1.82, 2.24) is 0 Å². The van der Waals surface area contributed by atoms with Crippen molar-refractivity contribution in [3.8, 4) is 17.6 Å². The Morgan fingerprint density at radius 1 is 1.35 bits per heavy atom. The van der Waals surface area contributed by atoms with Gasteiger partial charge in [0.2, 0.25) is 0 Å². The molecule has 0 atom stereocenters. The zero-order valence-electron chi connectivity index (χ0n) is 13.0. The summed E-state index contributed by atoms with van der Waals surface area (Å²) < 4.78 is 39.2. The lowest BCUT2D eigenvalue weighted by Crippen LogP contribution is -2.12. The third-order valence-corrected chi connectivity index (χ3v) is 2.48. The quantitative estimate of drug-likeness (QED) is 0.436. The van der Waals surface area contributed by atoms with Crippen LogP contribution in [0.3, 0.4) is 0 Å². The van der Waals surface area contributed by atoms with E-state index >= 15 is 0 Å². The van der Waals surface area contributed by atoms with Crippen molar-refractivity contribution in [3.63, 3.8) is 0 Å². The molecule has 5 nitrogen and oxygen atoms in total. The highest BCUT2D eigenvalue weighted by atomic mass is 19.3. The Morgan fingerprint density at radius 3 is 2.57 bits per heavy atom. The van der Waals surface area contributed by atoms with Gasteiger partial charge >= 0.3 is 12.6 Å². The SMILES string of the molecule is CCOc1cc(/C=C(/C#N)C(=O)OC(C)C)ccc1OC(F)F. The Labute approximate surface area is 133 Å². The zero-order chi connectivity index (χ0) is 17.4. The molecule has 0 spiro atoms. The third-order valence-electron chi connectivity index (χ3n) is 2.48. The molecule has 23 heavy (non-hydrogen) atoms. The first kappa shape index (κ1) is 18.4. The van der Waals surface area contributed by atoms with Crippen molar-refractivity contribution in [1.29, 1.82) is 5.26 Å². The van der Waals surface area contributed by atoms with Crippen LogP contribution in [0.15, 0.2) is 23.8 Å². The summed E-state index contributed by atoms with van der Waals surface area (Å²) in [5, 5.41) is 9.04. The molecule has 0 aliphatic heterocycles.